The van der Waals surface area contributed by atoms with E-state index in [1.807, 2.05) is 0 Å². The molecule has 0 aliphatic rings. The highest BCUT2D eigenvalue weighted by Crippen LogP contribution is 2.12. The van der Waals surface area contributed by atoms with Crippen LogP contribution in [-0.4, -0.2) is 6.61 Å². The third-order valence-electron chi connectivity index (χ3n) is 2.54. The highest BCUT2D eigenvalue weighted by Gasteiger charge is 2.02. The van der Waals surface area contributed by atoms with E-state index < -0.39 is 0 Å². The lowest BCUT2D eigenvalue weighted by Crippen LogP contribution is -2.04. The monoisotopic (exact) mass is 225 g/mol. The molecule has 0 unspecified atom stereocenters. The Morgan fingerprint density at radius 1 is 1.25 bits per heavy atom. The molecule has 0 bridgehead atoms. The molecule has 0 aliphatic heterocycles. The van der Waals surface area contributed by atoms with Crippen LogP contribution in [0.3, 0.4) is 0 Å². The molecule has 1 rings (SSSR count). The largest absolute Gasteiger partial charge is 0.377 e. The molecule has 1 aromatic carbocycles. The maximum absolute atomic E-state index is 13.0. The second-order valence-electron chi connectivity index (χ2n) is 3.88. The van der Waals surface area contributed by atoms with E-state index in [2.05, 4.69) is 6.92 Å². The molecule has 0 heterocycles. The highest BCUT2D eigenvalue weighted by molar-refractivity contribution is 5.27. The molecule has 2 nitrogen and oxygen atoms in total. The zero-order valence-corrected chi connectivity index (χ0v) is 9.84. The Kier molecular flexibility index (Phi) is 6.04. The first-order valence-electron chi connectivity index (χ1n) is 5.83. The number of ether oxygens (including phenoxy) is 1. The standard InChI is InChI=1S/C13H20FNO/c1-2-3-4-7-16-10-12-8-13(14)6-5-11(12)9-15/h5-6,8H,2-4,7,9-10,15H2,1H3. The van der Waals surface area contributed by atoms with Crippen molar-refractivity contribution < 1.29 is 9.13 Å². The summed E-state index contributed by atoms with van der Waals surface area (Å²) in [5.74, 6) is -0.232. The van der Waals surface area contributed by atoms with Crippen molar-refractivity contribution in [3.05, 3.63) is 35.1 Å². The van der Waals surface area contributed by atoms with Crippen molar-refractivity contribution in [2.45, 2.75) is 39.3 Å². The number of hydrogen-bond acceptors (Lipinski definition) is 2. The second kappa shape index (κ2) is 7.36. The predicted molar refractivity (Wildman–Crippen MR) is 63.5 cm³/mol. The Morgan fingerprint density at radius 3 is 2.75 bits per heavy atom. The summed E-state index contributed by atoms with van der Waals surface area (Å²) in [6, 6.07) is 4.66. The van der Waals surface area contributed by atoms with Gasteiger partial charge < -0.3 is 10.5 Å². The minimum absolute atomic E-state index is 0.232. The molecule has 0 saturated heterocycles. The van der Waals surface area contributed by atoms with Crippen LogP contribution in [0.4, 0.5) is 4.39 Å². The van der Waals surface area contributed by atoms with Gasteiger partial charge in [0.1, 0.15) is 5.82 Å². The lowest BCUT2D eigenvalue weighted by molar-refractivity contribution is 0.116. The summed E-state index contributed by atoms with van der Waals surface area (Å²) in [6.07, 6.45) is 3.41. The van der Waals surface area contributed by atoms with E-state index in [0.29, 0.717) is 13.2 Å². The highest BCUT2D eigenvalue weighted by atomic mass is 19.1. The normalized spacial score (nSPS) is 10.7. The quantitative estimate of drug-likeness (QED) is 0.724. The number of rotatable bonds is 7. The van der Waals surface area contributed by atoms with Gasteiger partial charge in [-0.05, 0) is 29.7 Å². The van der Waals surface area contributed by atoms with E-state index in [1.54, 1.807) is 6.07 Å². The van der Waals surface area contributed by atoms with E-state index in [-0.39, 0.29) is 5.82 Å². The maximum atomic E-state index is 13.0. The van der Waals surface area contributed by atoms with E-state index in [1.165, 1.54) is 25.0 Å². The van der Waals surface area contributed by atoms with Gasteiger partial charge >= 0.3 is 0 Å². The third-order valence-corrected chi connectivity index (χ3v) is 2.54. The number of hydrogen-bond donors (Lipinski definition) is 1. The zero-order valence-electron chi connectivity index (χ0n) is 9.84. The minimum Gasteiger partial charge on any atom is -0.377 e. The predicted octanol–water partition coefficient (Wildman–Crippen LogP) is 2.99. The van der Waals surface area contributed by atoms with Gasteiger partial charge in [-0.3, -0.25) is 0 Å². The summed E-state index contributed by atoms with van der Waals surface area (Å²) in [5.41, 5.74) is 7.39. The SMILES string of the molecule is CCCCCOCc1cc(F)ccc1CN. The average molecular weight is 225 g/mol. The summed E-state index contributed by atoms with van der Waals surface area (Å²) < 4.78 is 18.5. The lowest BCUT2D eigenvalue weighted by atomic mass is 10.1. The molecule has 90 valence electrons. The molecule has 0 aromatic heterocycles. The van der Waals surface area contributed by atoms with E-state index in [9.17, 15) is 4.39 Å². The first kappa shape index (κ1) is 13.1. The molecule has 2 N–H and O–H groups in total. The number of unbranched alkanes of at least 4 members (excludes halogenated alkanes) is 2. The summed E-state index contributed by atoms with van der Waals surface area (Å²) in [6.45, 7) is 3.76. The van der Waals surface area contributed by atoms with Crippen molar-refractivity contribution in [2.75, 3.05) is 6.61 Å². The van der Waals surface area contributed by atoms with E-state index in [0.717, 1.165) is 24.2 Å². The summed E-state index contributed by atoms with van der Waals surface area (Å²) >= 11 is 0. The third kappa shape index (κ3) is 4.29. The first-order valence-corrected chi connectivity index (χ1v) is 5.83. The number of benzene rings is 1. The summed E-state index contributed by atoms with van der Waals surface area (Å²) in [5, 5.41) is 0. The number of halogens is 1. The van der Waals surface area contributed by atoms with Crippen molar-refractivity contribution in [3.63, 3.8) is 0 Å². The van der Waals surface area contributed by atoms with Crippen LogP contribution in [0.25, 0.3) is 0 Å². The van der Waals surface area contributed by atoms with Crippen molar-refractivity contribution in [2.24, 2.45) is 5.73 Å². The lowest BCUT2D eigenvalue weighted by Gasteiger charge is -2.08. The Balaban J connectivity index is 2.42. The van der Waals surface area contributed by atoms with Crippen molar-refractivity contribution in [1.29, 1.82) is 0 Å². The molecule has 0 fully saturated rings. The van der Waals surface area contributed by atoms with Crippen LogP contribution in [0.5, 0.6) is 0 Å². The van der Waals surface area contributed by atoms with Crippen molar-refractivity contribution in [3.8, 4) is 0 Å². The van der Waals surface area contributed by atoms with Crippen LogP contribution in [0.1, 0.15) is 37.3 Å². The van der Waals surface area contributed by atoms with Gasteiger partial charge in [-0.2, -0.15) is 0 Å². The van der Waals surface area contributed by atoms with Crippen LogP contribution in [0, 0.1) is 5.82 Å². The molecule has 1 aromatic rings. The minimum atomic E-state index is -0.232. The van der Waals surface area contributed by atoms with Crippen LogP contribution < -0.4 is 5.73 Å². The van der Waals surface area contributed by atoms with E-state index >= 15 is 0 Å². The van der Waals surface area contributed by atoms with Gasteiger partial charge in [0.2, 0.25) is 0 Å². The Bertz CT molecular complexity index is 315. The van der Waals surface area contributed by atoms with Crippen LogP contribution >= 0.6 is 0 Å². The molecule has 0 atom stereocenters. The maximum Gasteiger partial charge on any atom is 0.123 e. The smallest absolute Gasteiger partial charge is 0.123 e. The Hall–Kier alpha value is -0.930. The molecule has 3 heteroatoms. The van der Waals surface area contributed by atoms with Gasteiger partial charge in [-0.25, -0.2) is 4.39 Å². The first-order chi connectivity index (χ1) is 7.77. The van der Waals surface area contributed by atoms with Crippen LogP contribution in [0.2, 0.25) is 0 Å². The fraction of sp³-hybridized carbons (Fsp3) is 0.538. The van der Waals surface area contributed by atoms with Gasteiger partial charge in [0.25, 0.3) is 0 Å². The van der Waals surface area contributed by atoms with Crippen LogP contribution in [-0.2, 0) is 17.9 Å². The topological polar surface area (TPSA) is 35.2 Å². The van der Waals surface area contributed by atoms with Gasteiger partial charge in [0, 0.05) is 13.2 Å². The van der Waals surface area contributed by atoms with E-state index in [4.69, 9.17) is 10.5 Å². The molecular formula is C13H20FNO. The Labute approximate surface area is 96.6 Å². The number of nitrogens with two attached hydrogens (primary N) is 1. The molecule has 0 saturated carbocycles. The summed E-state index contributed by atoms with van der Waals surface area (Å²) in [4.78, 5) is 0. The van der Waals surface area contributed by atoms with Crippen molar-refractivity contribution >= 4 is 0 Å². The zero-order chi connectivity index (χ0) is 11.8. The molecule has 16 heavy (non-hydrogen) atoms. The fourth-order valence-electron chi connectivity index (χ4n) is 1.56. The Morgan fingerprint density at radius 2 is 2.06 bits per heavy atom. The molecular weight excluding hydrogens is 205 g/mol. The van der Waals surface area contributed by atoms with Crippen LogP contribution in [0.15, 0.2) is 18.2 Å². The molecule has 0 amide bonds. The van der Waals surface area contributed by atoms with Gasteiger partial charge in [0.15, 0.2) is 0 Å². The average Bonchev–Trinajstić information content (AvgIpc) is 2.29. The molecule has 0 radical (unpaired) electrons. The fourth-order valence-corrected chi connectivity index (χ4v) is 1.56. The molecule has 0 spiro atoms. The van der Waals surface area contributed by atoms with Gasteiger partial charge in [-0.15, -0.1) is 0 Å². The van der Waals surface area contributed by atoms with Gasteiger partial charge in [0.05, 0.1) is 6.61 Å². The molecule has 0 aliphatic carbocycles. The van der Waals surface area contributed by atoms with Crippen molar-refractivity contribution in [1.82, 2.24) is 0 Å². The summed E-state index contributed by atoms with van der Waals surface area (Å²) in [7, 11) is 0. The van der Waals surface area contributed by atoms with Gasteiger partial charge in [-0.1, -0.05) is 25.8 Å². The second-order valence-corrected chi connectivity index (χ2v) is 3.88.